The van der Waals surface area contributed by atoms with Gasteiger partial charge in [0.05, 0.1) is 0 Å². The average Bonchev–Trinajstić information content (AvgIpc) is 4.24. The summed E-state index contributed by atoms with van der Waals surface area (Å²) in [7, 11) is 0. The Balaban J connectivity index is 0.839. The minimum absolute atomic E-state index is 0.116. The van der Waals surface area contributed by atoms with Crippen LogP contribution in [0.2, 0.25) is 0 Å². The van der Waals surface area contributed by atoms with Crippen LogP contribution in [0.5, 0.6) is 0 Å². The molecule has 4 aliphatic rings. The molecule has 0 bridgehead atoms. The van der Waals surface area contributed by atoms with Gasteiger partial charge in [-0.1, -0.05) is 165 Å². The number of furan rings is 2. The number of hydrogen-bond acceptors (Lipinski definition) is 3. The van der Waals surface area contributed by atoms with Crippen molar-refractivity contribution in [2.45, 2.75) is 77.0 Å². The molecule has 0 unspecified atom stereocenters. The number of hydrogen-bond donors (Lipinski definition) is 0. The van der Waals surface area contributed by atoms with Crippen LogP contribution in [-0.4, -0.2) is 0 Å². The van der Waals surface area contributed by atoms with E-state index in [4.69, 9.17) is 8.83 Å². The summed E-state index contributed by atoms with van der Waals surface area (Å²) in [4.78, 5) is 2.47. The van der Waals surface area contributed by atoms with E-state index in [0.29, 0.717) is 0 Å². The summed E-state index contributed by atoms with van der Waals surface area (Å²) in [5, 5.41) is 4.75. The van der Waals surface area contributed by atoms with Crippen LogP contribution in [0, 0.1) is 0 Å². The van der Waals surface area contributed by atoms with Gasteiger partial charge >= 0.3 is 0 Å². The standard InChI is InChI=1S/C72H55NO2/c1-69(2)53-23-15-12-20-44(53)45-29-26-40(34-55(45)69)50-37-60-64(67-49-22-14-17-25-62(49)75-68(50)67)47-31-28-43(36-57(47)72(60,7)8)73(41-18-10-9-11-19-41)42-27-30-46-51-38-59-52(39-58(51)71(5,6)56(46)35-42)65-54(70(59,3)4)32-33-63-66(65)48-21-13-16-24-61(48)74-63/h9-39H,1-8H3. The second-order valence-corrected chi connectivity index (χ2v) is 24.0. The highest BCUT2D eigenvalue weighted by Crippen LogP contribution is 2.61. The van der Waals surface area contributed by atoms with Crippen molar-refractivity contribution in [3.8, 4) is 55.6 Å². The molecule has 12 aromatic rings. The van der Waals surface area contributed by atoms with E-state index >= 15 is 0 Å². The molecule has 16 rings (SSSR count). The maximum absolute atomic E-state index is 7.00. The molecular formula is C72H55NO2. The maximum atomic E-state index is 7.00. The van der Waals surface area contributed by atoms with Crippen LogP contribution in [0.1, 0.15) is 99.9 Å². The monoisotopic (exact) mass is 965 g/mol. The summed E-state index contributed by atoms with van der Waals surface area (Å²) >= 11 is 0. The maximum Gasteiger partial charge on any atom is 0.143 e. The first-order valence-electron chi connectivity index (χ1n) is 26.7. The van der Waals surface area contributed by atoms with E-state index in [1.165, 1.54) is 111 Å². The lowest BCUT2D eigenvalue weighted by Crippen LogP contribution is -2.18. The number of nitrogens with zero attached hydrogens (tertiary/aromatic N) is 1. The molecule has 4 aliphatic carbocycles. The zero-order chi connectivity index (χ0) is 50.7. The highest BCUT2D eigenvalue weighted by molar-refractivity contribution is 6.19. The Bertz CT molecular complexity index is 4530. The van der Waals surface area contributed by atoms with E-state index in [1.54, 1.807) is 0 Å². The van der Waals surface area contributed by atoms with Crippen LogP contribution in [-0.2, 0) is 21.7 Å². The van der Waals surface area contributed by atoms with Crippen LogP contribution < -0.4 is 4.90 Å². The second kappa shape index (κ2) is 14.3. The van der Waals surface area contributed by atoms with Gasteiger partial charge in [-0.3, -0.25) is 0 Å². The first-order chi connectivity index (χ1) is 36.2. The van der Waals surface area contributed by atoms with Gasteiger partial charge in [0.2, 0.25) is 0 Å². The Hall–Kier alpha value is -8.40. The largest absolute Gasteiger partial charge is 0.456 e. The second-order valence-electron chi connectivity index (χ2n) is 24.0. The number of fused-ring (bicyclic) bond motifs is 20. The van der Waals surface area contributed by atoms with Crippen molar-refractivity contribution in [1.29, 1.82) is 0 Å². The lowest BCUT2D eigenvalue weighted by atomic mass is 9.79. The molecule has 0 N–H and O–H groups in total. The van der Waals surface area contributed by atoms with E-state index in [-0.39, 0.29) is 21.7 Å². The fraction of sp³-hybridized carbons (Fsp3) is 0.167. The molecular weight excluding hydrogens is 911 g/mol. The topological polar surface area (TPSA) is 29.5 Å². The third-order valence-corrected chi connectivity index (χ3v) is 18.6. The van der Waals surface area contributed by atoms with Gasteiger partial charge in [0, 0.05) is 65.8 Å². The molecule has 3 nitrogen and oxygen atoms in total. The van der Waals surface area contributed by atoms with Crippen molar-refractivity contribution in [3.05, 3.63) is 233 Å². The zero-order valence-corrected chi connectivity index (χ0v) is 43.7. The van der Waals surface area contributed by atoms with E-state index < -0.39 is 0 Å². The van der Waals surface area contributed by atoms with Gasteiger partial charge in [-0.15, -0.1) is 0 Å². The molecule has 3 heteroatoms. The lowest BCUT2D eigenvalue weighted by molar-refractivity contribution is 0.651. The molecule has 0 spiro atoms. The van der Waals surface area contributed by atoms with Crippen molar-refractivity contribution in [2.75, 3.05) is 4.90 Å². The van der Waals surface area contributed by atoms with Gasteiger partial charge in [0.15, 0.2) is 0 Å². The van der Waals surface area contributed by atoms with Crippen molar-refractivity contribution >= 4 is 60.9 Å². The number of rotatable bonds is 4. The third kappa shape index (κ3) is 5.45. The quantitative estimate of drug-likeness (QED) is 0.176. The average molecular weight is 966 g/mol. The van der Waals surface area contributed by atoms with E-state index in [1.807, 2.05) is 0 Å². The summed E-state index contributed by atoms with van der Waals surface area (Å²) in [5.74, 6) is 0. The van der Waals surface area contributed by atoms with Crippen LogP contribution in [0.15, 0.2) is 197 Å². The molecule has 10 aromatic carbocycles. The van der Waals surface area contributed by atoms with Crippen molar-refractivity contribution in [1.82, 2.24) is 0 Å². The highest BCUT2D eigenvalue weighted by Gasteiger charge is 2.44. The zero-order valence-electron chi connectivity index (χ0n) is 43.7. The number of anilines is 3. The predicted octanol–water partition coefficient (Wildman–Crippen LogP) is 19.8. The van der Waals surface area contributed by atoms with Gasteiger partial charge in [0.25, 0.3) is 0 Å². The van der Waals surface area contributed by atoms with Gasteiger partial charge in [-0.25, -0.2) is 0 Å². The smallest absolute Gasteiger partial charge is 0.143 e. The lowest BCUT2D eigenvalue weighted by Gasteiger charge is -2.29. The highest BCUT2D eigenvalue weighted by atomic mass is 16.3. The third-order valence-electron chi connectivity index (χ3n) is 18.6. The summed E-state index contributed by atoms with van der Waals surface area (Å²) in [6.45, 7) is 19.2. The molecule has 75 heavy (non-hydrogen) atoms. The van der Waals surface area contributed by atoms with Crippen LogP contribution >= 0.6 is 0 Å². The van der Waals surface area contributed by atoms with Gasteiger partial charge in [-0.2, -0.15) is 0 Å². The Kier molecular flexibility index (Phi) is 8.18. The first kappa shape index (κ1) is 43.0. The molecule has 0 saturated carbocycles. The first-order valence-corrected chi connectivity index (χ1v) is 26.7. The molecule has 0 amide bonds. The van der Waals surface area contributed by atoms with Crippen molar-refractivity contribution in [2.24, 2.45) is 0 Å². The summed E-state index contributed by atoms with van der Waals surface area (Å²) in [6.07, 6.45) is 0. The molecule has 0 fully saturated rings. The van der Waals surface area contributed by atoms with E-state index in [2.05, 4.69) is 248 Å². The molecule has 0 radical (unpaired) electrons. The van der Waals surface area contributed by atoms with Crippen molar-refractivity contribution in [3.63, 3.8) is 0 Å². The molecule has 0 saturated heterocycles. The van der Waals surface area contributed by atoms with E-state index in [0.717, 1.165) is 50.3 Å². The SMILES string of the molecule is CC1(C)c2ccccc2-c2ccc(-c3cc4c(c5c3oc3ccccc35)-c3ccc(N(c5ccccc5)c5ccc6c(c5)C(C)(C)c5cc7c(cc5-6)C(C)(C)c5ccc6oc8ccccc8c6c5-7)cc3C4(C)C)cc21. The predicted molar refractivity (Wildman–Crippen MR) is 311 cm³/mol. The minimum Gasteiger partial charge on any atom is -0.456 e. The number of benzene rings is 10. The summed E-state index contributed by atoms with van der Waals surface area (Å²) < 4.78 is 13.5. The number of para-hydroxylation sites is 3. The Labute approximate surface area is 437 Å². The molecule has 2 aromatic heterocycles. The van der Waals surface area contributed by atoms with E-state index in [9.17, 15) is 0 Å². The molecule has 0 aliphatic heterocycles. The van der Waals surface area contributed by atoms with Gasteiger partial charge in [-0.05, 0) is 173 Å². The Morgan fingerprint density at radius 3 is 1.57 bits per heavy atom. The molecule has 0 atom stereocenters. The van der Waals surface area contributed by atoms with Gasteiger partial charge in [0.1, 0.15) is 22.3 Å². The fourth-order valence-electron chi connectivity index (χ4n) is 14.7. The van der Waals surface area contributed by atoms with Crippen LogP contribution in [0.3, 0.4) is 0 Å². The normalized spacial score (nSPS) is 16.2. The van der Waals surface area contributed by atoms with Crippen LogP contribution in [0.4, 0.5) is 17.1 Å². The fourth-order valence-corrected chi connectivity index (χ4v) is 14.7. The molecule has 2 heterocycles. The Morgan fingerprint density at radius 1 is 0.293 bits per heavy atom. The Morgan fingerprint density at radius 2 is 0.800 bits per heavy atom. The van der Waals surface area contributed by atoms with Crippen molar-refractivity contribution < 1.29 is 8.83 Å². The van der Waals surface area contributed by atoms with Gasteiger partial charge < -0.3 is 13.7 Å². The summed E-state index contributed by atoms with van der Waals surface area (Å²) in [6, 6.07) is 70.5. The molecule has 360 valence electrons. The van der Waals surface area contributed by atoms with Crippen LogP contribution in [0.25, 0.3) is 99.5 Å². The minimum atomic E-state index is -0.320. The summed E-state index contributed by atoms with van der Waals surface area (Å²) in [5.41, 5.74) is 30.0.